The van der Waals surface area contributed by atoms with Crippen LogP contribution in [0, 0.1) is 11.8 Å². The van der Waals surface area contributed by atoms with Gasteiger partial charge in [0.05, 0.1) is 12.3 Å². The maximum absolute atomic E-state index is 14.9. The molecule has 5 aromatic carbocycles. The van der Waals surface area contributed by atoms with Crippen LogP contribution in [0.4, 0.5) is 5.69 Å². The smallest absolute Gasteiger partial charge is 0.315 e. The molecule has 0 radical (unpaired) electrons. The number of hydrogen-bond donors (Lipinski definition) is 0. The molecule has 3 atom stereocenters. The molecule has 1 aliphatic heterocycles. The highest BCUT2D eigenvalue weighted by Gasteiger charge is 2.67. The first kappa shape index (κ1) is 36.7. The quantitative estimate of drug-likeness (QED) is 0.0887. The number of nitrogens with zero attached hydrogens (tertiary/aromatic N) is 1. The Balaban J connectivity index is 1.24. The third-order valence-corrected chi connectivity index (χ3v) is 10.2. The molecule has 0 saturated heterocycles. The third-order valence-electron chi connectivity index (χ3n) is 10.2. The maximum atomic E-state index is 14.9. The van der Waals surface area contributed by atoms with Crippen LogP contribution in [0.15, 0.2) is 145 Å². The van der Waals surface area contributed by atoms with Gasteiger partial charge >= 0.3 is 5.97 Å². The van der Waals surface area contributed by atoms with Crippen molar-refractivity contribution in [3.63, 3.8) is 0 Å². The summed E-state index contributed by atoms with van der Waals surface area (Å²) >= 11 is 0. The van der Waals surface area contributed by atoms with E-state index in [9.17, 15) is 24.0 Å². The fourth-order valence-electron chi connectivity index (χ4n) is 7.65. The zero-order valence-corrected chi connectivity index (χ0v) is 30.5. The highest BCUT2D eigenvalue weighted by molar-refractivity contribution is 6.26. The van der Waals surface area contributed by atoms with E-state index in [2.05, 4.69) is 0 Å². The fourth-order valence-corrected chi connectivity index (χ4v) is 7.65. The van der Waals surface area contributed by atoms with Crippen LogP contribution in [-0.2, 0) is 37.7 Å². The average molecular weight is 734 g/mol. The Bertz CT molecular complexity index is 2270. The van der Waals surface area contributed by atoms with Crippen molar-refractivity contribution in [1.29, 1.82) is 0 Å². The van der Waals surface area contributed by atoms with Crippen LogP contribution in [0.5, 0.6) is 11.5 Å². The van der Waals surface area contributed by atoms with E-state index in [1.54, 1.807) is 85.8 Å². The first-order chi connectivity index (χ1) is 26.7. The number of Topliss-reactive ketones (excluding diaryl/α,β-unsaturated/α-hetero) is 2. The number of imide groups is 1. The molecule has 0 fully saturated rings. The molecule has 1 aliphatic carbocycles. The van der Waals surface area contributed by atoms with Crippen molar-refractivity contribution in [3.8, 4) is 11.5 Å². The van der Waals surface area contributed by atoms with Gasteiger partial charge in [0.2, 0.25) is 11.8 Å². The van der Waals surface area contributed by atoms with Gasteiger partial charge in [-0.1, -0.05) is 84.9 Å². The molecule has 9 heteroatoms. The van der Waals surface area contributed by atoms with Gasteiger partial charge in [0.15, 0.2) is 11.6 Å². The minimum absolute atomic E-state index is 0.0190. The highest BCUT2D eigenvalue weighted by Crippen LogP contribution is 2.58. The van der Waals surface area contributed by atoms with Crippen LogP contribution in [-0.4, -0.2) is 36.0 Å². The van der Waals surface area contributed by atoms with Crippen molar-refractivity contribution in [1.82, 2.24) is 0 Å². The lowest BCUT2D eigenvalue weighted by Gasteiger charge is -2.35. The number of hydrogen-bond acceptors (Lipinski definition) is 8. The van der Waals surface area contributed by atoms with Gasteiger partial charge in [-0.2, -0.15) is 0 Å². The molecule has 0 aromatic heterocycles. The second kappa shape index (κ2) is 15.8. The molecule has 2 aliphatic rings. The molecule has 0 unspecified atom stereocenters. The summed E-state index contributed by atoms with van der Waals surface area (Å²) < 4.78 is 17.4. The van der Waals surface area contributed by atoms with Crippen LogP contribution in [0.1, 0.15) is 57.7 Å². The molecular formula is C46H39NO8. The Morgan fingerprint density at radius 2 is 1.20 bits per heavy atom. The van der Waals surface area contributed by atoms with Crippen LogP contribution in [0.2, 0.25) is 0 Å². The van der Waals surface area contributed by atoms with E-state index in [4.69, 9.17) is 14.2 Å². The molecule has 1 spiro atoms. The molecular weight excluding hydrogens is 695 g/mol. The van der Waals surface area contributed by atoms with Gasteiger partial charge in [-0.15, -0.1) is 0 Å². The minimum atomic E-state index is -1.81. The Hall–Kier alpha value is -6.61. The minimum Gasteiger partial charge on any atom is -0.489 e. The Morgan fingerprint density at radius 1 is 0.673 bits per heavy atom. The van der Waals surface area contributed by atoms with Crippen molar-refractivity contribution in [2.24, 2.45) is 11.8 Å². The van der Waals surface area contributed by atoms with Gasteiger partial charge in [0.25, 0.3) is 0 Å². The number of ketones is 2. The van der Waals surface area contributed by atoms with E-state index in [-0.39, 0.29) is 29.9 Å². The lowest BCUT2D eigenvalue weighted by molar-refractivity contribution is -0.152. The molecule has 7 rings (SSSR count). The second-order valence-corrected chi connectivity index (χ2v) is 13.5. The maximum Gasteiger partial charge on any atom is 0.315 e. The van der Waals surface area contributed by atoms with Crippen LogP contribution < -0.4 is 14.4 Å². The monoisotopic (exact) mass is 733 g/mol. The highest BCUT2D eigenvalue weighted by atomic mass is 16.5. The lowest BCUT2D eigenvalue weighted by atomic mass is 9.64. The van der Waals surface area contributed by atoms with Gasteiger partial charge in [-0.05, 0) is 78.2 Å². The number of ether oxygens (including phenoxy) is 3. The number of benzene rings is 5. The number of anilines is 1. The summed E-state index contributed by atoms with van der Waals surface area (Å²) in [5.41, 5.74) is 1.47. The number of rotatable bonds is 13. The van der Waals surface area contributed by atoms with E-state index in [1.165, 1.54) is 6.92 Å². The summed E-state index contributed by atoms with van der Waals surface area (Å²) in [6, 6.07) is 39.3. The van der Waals surface area contributed by atoms with Gasteiger partial charge in [0.1, 0.15) is 36.0 Å². The summed E-state index contributed by atoms with van der Waals surface area (Å²) in [4.78, 5) is 71.8. The third kappa shape index (κ3) is 7.09. The number of allylic oxidation sites excluding steroid dienone is 1. The molecule has 0 saturated carbocycles. The summed E-state index contributed by atoms with van der Waals surface area (Å²) in [5, 5.41) is 0. The van der Waals surface area contributed by atoms with Crippen molar-refractivity contribution >= 4 is 35.0 Å². The summed E-state index contributed by atoms with van der Waals surface area (Å²) in [6.07, 6.45) is 1.33. The van der Waals surface area contributed by atoms with Gasteiger partial charge in [0, 0.05) is 36.0 Å². The molecule has 276 valence electrons. The second-order valence-electron chi connectivity index (χ2n) is 13.5. The van der Waals surface area contributed by atoms with Crippen LogP contribution in [0.3, 0.4) is 0 Å². The van der Waals surface area contributed by atoms with Gasteiger partial charge < -0.3 is 14.2 Å². The molecule has 5 aromatic rings. The SMILES string of the molecule is CCOC(=O)[C@@H]1C(C(=O)c2ccc(OCc3ccccc3)cc2)=C[C@@H](CC(=O)c2ccc(OCc3ccccc3)cc2)[C@@]12C(=O)N(C(C)=O)c1ccccc12. The predicted molar refractivity (Wildman–Crippen MR) is 206 cm³/mol. The molecule has 1 heterocycles. The van der Waals surface area contributed by atoms with Gasteiger partial charge in [-0.3, -0.25) is 24.0 Å². The Labute approximate surface area is 319 Å². The van der Waals surface area contributed by atoms with Gasteiger partial charge in [-0.25, -0.2) is 4.90 Å². The van der Waals surface area contributed by atoms with Crippen LogP contribution >= 0.6 is 0 Å². The summed E-state index contributed by atoms with van der Waals surface area (Å²) in [6.45, 7) is 3.58. The zero-order valence-electron chi connectivity index (χ0n) is 30.5. The molecule has 0 bridgehead atoms. The number of carbonyl (C=O) groups excluding carboxylic acids is 5. The number of para-hydroxylation sites is 1. The van der Waals surface area contributed by atoms with Crippen molar-refractivity contribution < 1.29 is 38.2 Å². The predicted octanol–water partition coefficient (Wildman–Crippen LogP) is 7.87. The zero-order chi connectivity index (χ0) is 38.5. The largest absolute Gasteiger partial charge is 0.489 e. The van der Waals surface area contributed by atoms with E-state index in [0.29, 0.717) is 41.5 Å². The fraction of sp³-hybridized carbons (Fsp3) is 0.196. The number of fused-ring (bicyclic) bond motifs is 2. The van der Waals surface area contributed by atoms with E-state index < -0.39 is 40.8 Å². The normalized spacial score (nSPS) is 18.4. The number of carbonyl (C=O) groups is 5. The Morgan fingerprint density at radius 3 is 1.75 bits per heavy atom. The van der Waals surface area contributed by atoms with Crippen molar-refractivity contribution in [3.05, 3.63) is 173 Å². The Kier molecular flexibility index (Phi) is 10.5. The molecule has 2 amide bonds. The van der Waals surface area contributed by atoms with E-state index in [0.717, 1.165) is 16.0 Å². The van der Waals surface area contributed by atoms with Crippen LogP contribution in [0.25, 0.3) is 0 Å². The average Bonchev–Trinajstić information content (AvgIpc) is 3.69. The molecule has 55 heavy (non-hydrogen) atoms. The van der Waals surface area contributed by atoms with Crippen molar-refractivity contribution in [2.45, 2.75) is 38.9 Å². The summed E-state index contributed by atoms with van der Waals surface area (Å²) in [5.74, 6) is -4.20. The number of esters is 1. The number of amides is 2. The molecule has 0 N–H and O–H groups in total. The first-order valence-corrected chi connectivity index (χ1v) is 18.2. The van der Waals surface area contributed by atoms with E-state index >= 15 is 0 Å². The summed E-state index contributed by atoms with van der Waals surface area (Å²) in [7, 11) is 0. The topological polar surface area (TPSA) is 116 Å². The molecule has 9 nitrogen and oxygen atoms in total. The first-order valence-electron chi connectivity index (χ1n) is 18.2. The lowest BCUT2D eigenvalue weighted by Crippen LogP contribution is -2.52. The van der Waals surface area contributed by atoms with Crippen molar-refractivity contribution in [2.75, 3.05) is 11.5 Å². The van der Waals surface area contributed by atoms with E-state index in [1.807, 2.05) is 60.7 Å². The standard InChI is InChI=1S/C46H39NO8/c1-3-53-44(51)42-38(43(50)34-20-24-37(25-21-34)55-29-32-14-8-5-9-15-32)26-35(46(42)39-16-10-11-17-40(39)47(30(2)48)45(46)52)27-41(49)33-18-22-36(23-19-33)54-28-31-12-6-4-7-13-31/h4-26,35,42H,3,27-29H2,1-2H3/t35-,42-,46-/m0/s1.